The molecule has 0 saturated carbocycles. The largest absolute Gasteiger partial charge is 0.383 e. The zero-order valence-electron chi connectivity index (χ0n) is 13.6. The number of rotatable bonds is 7. The number of aliphatic hydroxyl groups is 1. The Labute approximate surface area is 136 Å². The standard InChI is InChI=1S/C18H23N3O2/c1-4-14(15-8-6-5-7-9-15)10-17(22)19-13-18(2,23)16-11-20-21(3)12-16/h4-9,11-12,14,23H,1,10,13H2,2-3H3,(H,19,22). The highest BCUT2D eigenvalue weighted by Gasteiger charge is 2.25. The smallest absolute Gasteiger partial charge is 0.221 e. The minimum atomic E-state index is -1.15. The van der Waals surface area contributed by atoms with Gasteiger partial charge in [-0.05, 0) is 12.5 Å². The van der Waals surface area contributed by atoms with E-state index in [1.54, 1.807) is 37.1 Å². The van der Waals surface area contributed by atoms with E-state index in [0.29, 0.717) is 12.0 Å². The number of allylic oxidation sites excluding steroid dienone is 1. The van der Waals surface area contributed by atoms with Crippen LogP contribution < -0.4 is 5.32 Å². The van der Waals surface area contributed by atoms with E-state index in [9.17, 15) is 9.90 Å². The number of benzene rings is 1. The number of carbonyl (C=O) groups is 1. The Hall–Kier alpha value is -2.40. The average Bonchev–Trinajstić information content (AvgIpc) is 2.99. The molecule has 0 spiro atoms. The Morgan fingerprint density at radius 1 is 1.48 bits per heavy atom. The Morgan fingerprint density at radius 3 is 2.74 bits per heavy atom. The van der Waals surface area contributed by atoms with Crippen molar-refractivity contribution in [3.8, 4) is 0 Å². The molecule has 5 nitrogen and oxygen atoms in total. The molecule has 0 bridgehead atoms. The molecule has 0 aliphatic rings. The van der Waals surface area contributed by atoms with Gasteiger partial charge in [-0.1, -0.05) is 36.4 Å². The normalized spacial score (nSPS) is 14.7. The summed E-state index contributed by atoms with van der Waals surface area (Å²) in [6.45, 7) is 5.60. The highest BCUT2D eigenvalue weighted by molar-refractivity contribution is 5.77. The van der Waals surface area contributed by atoms with Crippen LogP contribution >= 0.6 is 0 Å². The summed E-state index contributed by atoms with van der Waals surface area (Å²) >= 11 is 0. The van der Waals surface area contributed by atoms with Crippen LogP contribution in [0.25, 0.3) is 0 Å². The molecule has 2 rings (SSSR count). The monoisotopic (exact) mass is 313 g/mol. The van der Waals surface area contributed by atoms with Crippen molar-refractivity contribution in [1.82, 2.24) is 15.1 Å². The van der Waals surface area contributed by atoms with Crippen LogP contribution in [0.4, 0.5) is 0 Å². The van der Waals surface area contributed by atoms with Gasteiger partial charge in [-0.25, -0.2) is 0 Å². The maximum Gasteiger partial charge on any atom is 0.221 e. The van der Waals surface area contributed by atoms with Gasteiger partial charge in [-0.2, -0.15) is 5.10 Å². The Kier molecular flexibility index (Phi) is 5.34. The van der Waals surface area contributed by atoms with Crippen LogP contribution in [0.15, 0.2) is 55.4 Å². The predicted octanol–water partition coefficient (Wildman–Crippen LogP) is 2.10. The van der Waals surface area contributed by atoms with E-state index in [1.807, 2.05) is 30.3 Å². The average molecular weight is 313 g/mol. The zero-order chi connectivity index (χ0) is 16.9. The van der Waals surface area contributed by atoms with E-state index in [0.717, 1.165) is 5.56 Å². The summed E-state index contributed by atoms with van der Waals surface area (Å²) < 4.78 is 1.62. The molecular weight excluding hydrogens is 290 g/mol. The second-order valence-corrected chi connectivity index (χ2v) is 5.91. The minimum absolute atomic E-state index is 0.0421. The van der Waals surface area contributed by atoms with E-state index in [4.69, 9.17) is 0 Å². The summed E-state index contributed by atoms with van der Waals surface area (Å²) in [5.74, 6) is -0.164. The fourth-order valence-corrected chi connectivity index (χ4v) is 2.38. The van der Waals surface area contributed by atoms with Crippen molar-refractivity contribution in [3.05, 3.63) is 66.5 Å². The van der Waals surface area contributed by atoms with Crippen molar-refractivity contribution < 1.29 is 9.90 Å². The van der Waals surface area contributed by atoms with Crippen LogP contribution in [0.5, 0.6) is 0 Å². The van der Waals surface area contributed by atoms with Crippen LogP contribution in [-0.2, 0) is 17.4 Å². The van der Waals surface area contributed by atoms with Gasteiger partial charge in [0.2, 0.25) is 5.91 Å². The minimum Gasteiger partial charge on any atom is -0.383 e. The van der Waals surface area contributed by atoms with Crippen molar-refractivity contribution in [2.45, 2.75) is 24.9 Å². The number of nitrogens with zero attached hydrogens (tertiary/aromatic N) is 2. The summed E-state index contributed by atoms with van der Waals surface area (Å²) in [5.41, 5.74) is 0.570. The van der Waals surface area contributed by atoms with Gasteiger partial charge in [-0.15, -0.1) is 6.58 Å². The van der Waals surface area contributed by atoms with Gasteiger partial charge in [0.15, 0.2) is 0 Å². The van der Waals surface area contributed by atoms with Crippen LogP contribution in [-0.4, -0.2) is 27.3 Å². The summed E-state index contributed by atoms with van der Waals surface area (Å²) in [6, 6.07) is 9.78. The van der Waals surface area contributed by atoms with Gasteiger partial charge in [0, 0.05) is 31.1 Å². The van der Waals surface area contributed by atoms with Crippen LogP contribution in [0.2, 0.25) is 0 Å². The van der Waals surface area contributed by atoms with Gasteiger partial charge >= 0.3 is 0 Å². The molecule has 5 heteroatoms. The molecule has 0 aliphatic carbocycles. The molecule has 1 amide bonds. The molecular formula is C18H23N3O2. The lowest BCUT2D eigenvalue weighted by Gasteiger charge is -2.23. The number of aromatic nitrogens is 2. The molecule has 2 atom stereocenters. The number of aryl methyl sites for hydroxylation is 1. The SMILES string of the molecule is C=CC(CC(=O)NCC(C)(O)c1cnn(C)c1)c1ccccc1. The van der Waals surface area contributed by atoms with E-state index < -0.39 is 5.60 Å². The number of carbonyl (C=O) groups excluding carboxylic acids is 1. The summed E-state index contributed by atoms with van der Waals surface area (Å²) in [6.07, 6.45) is 5.41. The lowest BCUT2D eigenvalue weighted by Crippen LogP contribution is -2.38. The van der Waals surface area contributed by atoms with Gasteiger partial charge < -0.3 is 10.4 Å². The molecule has 2 aromatic rings. The molecule has 1 aromatic heterocycles. The molecule has 0 aliphatic heterocycles. The van der Waals surface area contributed by atoms with Crippen LogP contribution in [0.1, 0.15) is 30.4 Å². The molecule has 122 valence electrons. The zero-order valence-corrected chi connectivity index (χ0v) is 13.6. The van der Waals surface area contributed by atoms with Gasteiger partial charge in [-0.3, -0.25) is 9.48 Å². The number of nitrogens with one attached hydrogen (secondary N) is 1. The van der Waals surface area contributed by atoms with Gasteiger partial charge in [0.25, 0.3) is 0 Å². The first-order valence-electron chi connectivity index (χ1n) is 7.58. The molecule has 2 unspecified atom stereocenters. The summed E-state index contributed by atoms with van der Waals surface area (Å²) in [4.78, 5) is 12.2. The molecule has 1 aromatic carbocycles. The fraction of sp³-hybridized carbons (Fsp3) is 0.333. The maximum atomic E-state index is 12.2. The maximum absolute atomic E-state index is 12.2. The lowest BCUT2D eigenvalue weighted by atomic mass is 9.95. The topological polar surface area (TPSA) is 67.2 Å². The van der Waals surface area contributed by atoms with E-state index in [-0.39, 0.29) is 18.4 Å². The second-order valence-electron chi connectivity index (χ2n) is 5.91. The molecule has 23 heavy (non-hydrogen) atoms. The molecule has 1 heterocycles. The first-order chi connectivity index (χ1) is 10.9. The molecule has 0 radical (unpaired) electrons. The lowest BCUT2D eigenvalue weighted by molar-refractivity contribution is -0.122. The van der Waals surface area contributed by atoms with Crippen molar-refractivity contribution in [1.29, 1.82) is 0 Å². The number of amides is 1. The van der Waals surface area contributed by atoms with Crippen LogP contribution in [0, 0.1) is 0 Å². The fourth-order valence-electron chi connectivity index (χ4n) is 2.38. The quantitative estimate of drug-likeness (QED) is 0.769. The molecule has 0 saturated heterocycles. The summed E-state index contributed by atoms with van der Waals surface area (Å²) in [7, 11) is 1.78. The van der Waals surface area contributed by atoms with E-state index in [2.05, 4.69) is 17.0 Å². The van der Waals surface area contributed by atoms with E-state index in [1.165, 1.54) is 0 Å². The Balaban J connectivity index is 1.93. The Bertz CT molecular complexity index is 662. The highest BCUT2D eigenvalue weighted by atomic mass is 16.3. The Morgan fingerprint density at radius 2 is 2.17 bits per heavy atom. The third-order valence-electron chi connectivity index (χ3n) is 3.87. The third kappa shape index (κ3) is 4.53. The second kappa shape index (κ2) is 7.24. The first kappa shape index (κ1) is 17.0. The third-order valence-corrected chi connectivity index (χ3v) is 3.87. The van der Waals surface area contributed by atoms with Crippen molar-refractivity contribution in [2.75, 3.05) is 6.54 Å². The first-order valence-corrected chi connectivity index (χ1v) is 7.58. The van der Waals surface area contributed by atoms with Gasteiger partial charge in [0.05, 0.1) is 12.7 Å². The predicted molar refractivity (Wildman–Crippen MR) is 89.8 cm³/mol. The molecule has 0 fully saturated rings. The van der Waals surface area contributed by atoms with Crippen LogP contribution in [0.3, 0.4) is 0 Å². The van der Waals surface area contributed by atoms with Crippen molar-refractivity contribution in [3.63, 3.8) is 0 Å². The van der Waals surface area contributed by atoms with Crippen molar-refractivity contribution >= 4 is 5.91 Å². The summed E-state index contributed by atoms with van der Waals surface area (Å²) in [5, 5.41) is 17.3. The highest BCUT2D eigenvalue weighted by Crippen LogP contribution is 2.21. The number of hydrogen-bond donors (Lipinski definition) is 2. The van der Waals surface area contributed by atoms with Gasteiger partial charge in [0.1, 0.15) is 5.60 Å². The van der Waals surface area contributed by atoms with Crippen molar-refractivity contribution in [2.24, 2.45) is 7.05 Å². The molecule has 2 N–H and O–H groups in total. The van der Waals surface area contributed by atoms with E-state index >= 15 is 0 Å². The number of hydrogen-bond acceptors (Lipinski definition) is 3.